The Morgan fingerprint density at radius 2 is 1.92 bits per heavy atom. The predicted octanol–water partition coefficient (Wildman–Crippen LogP) is 5.47. The van der Waals surface area contributed by atoms with Gasteiger partial charge >= 0.3 is 0 Å². The number of hydrogen-bond donors (Lipinski definition) is 1. The Labute approximate surface area is 149 Å². The third-order valence-electron chi connectivity index (χ3n) is 5.08. The molecule has 1 heterocycles. The van der Waals surface area contributed by atoms with E-state index in [4.69, 9.17) is 0 Å². The summed E-state index contributed by atoms with van der Waals surface area (Å²) in [5.41, 5.74) is 2.08. The van der Waals surface area contributed by atoms with E-state index in [2.05, 4.69) is 26.2 Å². The average Bonchev–Trinajstić information content (AvgIpc) is 3.42. The van der Waals surface area contributed by atoms with Crippen LogP contribution in [-0.2, 0) is 0 Å². The van der Waals surface area contributed by atoms with Crippen molar-refractivity contribution >= 4 is 38.3 Å². The molecule has 2 saturated carbocycles. The lowest BCUT2D eigenvalue weighted by Gasteiger charge is -2.26. The maximum atomic E-state index is 13.9. The predicted molar refractivity (Wildman–Crippen MR) is 97.0 cm³/mol. The van der Waals surface area contributed by atoms with Crippen LogP contribution in [0.1, 0.15) is 55.3 Å². The third-order valence-corrected chi connectivity index (χ3v) is 5.68. The average molecular weight is 391 g/mol. The molecule has 0 atom stereocenters. The number of hydrogen-bond acceptors (Lipinski definition) is 3. The monoisotopic (exact) mass is 390 g/mol. The van der Waals surface area contributed by atoms with Crippen LogP contribution in [0, 0.1) is 11.7 Å². The zero-order valence-electron chi connectivity index (χ0n) is 13.4. The molecule has 2 aliphatic carbocycles. The molecule has 1 aromatic carbocycles. The molecule has 0 saturated heterocycles. The summed E-state index contributed by atoms with van der Waals surface area (Å²) >= 11 is 3.26. The van der Waals surface area contributed by atoms with Crippen LogP contribution in [0.3, 0.4) is 0 Å². The van der Waals surface area contributed by atoms with Crippen molar-refractivity contribution in [3.8, 4) is 0 Å². The number of nitrogens with one attached hydrogen (secondary N) is 1. The van der Waals surface area contributed by atoms with Crippen LogP contribution in [0.25, 0.3) is 10.9 Å². The molecule has 24 heavy (non-hydrogen) atoms. The van der Waals surface area contributed by atoms with Crippen LogP contribution in [0.5, 0.6) is 0 Å². The van der Waals surface area contributed by atoms with E-state index in [-0.39, 0.29) is 17.5 Å². The Morgan fingerprint density at radius 1 is 1.17 bits per heavy atom. The van der Waals surface area contributed by atoms with Crippen molar-refractivity contribution in [2.75, 3.05) is 5.32 Å². The second kappa shape index (κ2) is 6.43. The molecule has 2 aromatic rings. The van der Waals surface area contributed by atoms with Gasteiger partial charge in [0.15, 0.2) is 5.78 Å². The minimum Gasteiger partial charge on any atom is -0.381 e. The van der Waals surface area contributed by atoms with Gasteiger partial charge in [-0.05, 0) is 47.7 Å². The Morgan fingerprint density at radius 3 is 2.62 bits per heavy atom. The first-order chi connectivity index (χ1) is 11.6. The Balaban J connectivity index is 1.81. The van der Waals surface area contributed by atoms with Gasteiger partial charge in [-0.25, -0.2) is 4.39 Å². The second-order valence-electron chi connectivity index (χ2n) is 6.95. The molecule has 0 spiro atoms. The second-order valence-corrected chi connectivity index (χ2v) is 7.80. The first-order valence-electron chi connectivity index (χ1n) is 8.72. The molecular weight excluding hydrogens is 371 g/mol. The van der Waals surface area contributed by atoms with Gasteiger partial charge in [-0.15, -0.1) is 0 Å². The van der Waals surface area contributed by atoms with Gasteiger partial charge in [0.25, 0.3) is 0 Å². The summed E-state index contributed by atoms with van der Waals surface area (Å²) in [7, 11) is 0. The van der Waals surface area contributed by atoms with Crippen LogP contribution >= 0.6 is 15.9 Å². The fourth-order valence-electron chi connectivity index (χ4n) is 3.55. The van der Waals surface area contributed by atoms with E-state index in [1.54, 1.807) is 12.3 Å². The first kappa shape index (κ1) is 16.0. The maximum Gasteiger partial charge on any atom is 0.169 e. The van der Waals surface area contributed by atoms with Crippen LogP contribution < -0.4 is 5.32 Å². The molecule has 2 fully saturated rings. The SMILES string of the molecule is O=C(c1cnc2cc(F)c(Br)cc2c1NC1CCCCC1)C1CC1. The number of fused-ring (bicyclic) bond motifs is 1. The number of pyridine rings is 1. The topological polar surface area (TPSA) is 42.0 Å². The van der Waals surface area contributed by atoms with Gasteiger partial charge < -0.3 is 5.32 Å². The van der Waals surface area contributed by atoms with Gasteiger partial charge in [-0.1, -0.05) is 19.3 Å². The fourth-order valence-corrected chi connectivity index (χ4v) is 3.89. The number of ketones is 1. The molecule has 1 N–H and O–H groups in total. The minimum absolute atomic E-state index is 0.139. The number of carbonyl (C=O) groups excluding carboxylic acids is 1. The lowest BCUT2D eigenvalue weighted by molar-refractivity contribution is 0.0968. The first-order valence-corrected chi connectivity index (χ1v) is 9.51. The summed E-state index contributed by atoms with van der Waals surface area (Å²) in [6, 6.07) is 3.54. The van der Waals surface area contributed by atoms with Crippen LogP contribution in [0.15, 0.2) is 22.8 Å². The van der Waals surface area contributed by atoms with Crippen molar-refractivity contribution in [3.05, 3.63) is 34.2 Å². The Hall–Kier alpha value is -1.49. The number of halogens is 2. The number of aromatic nitrogens is 1. The molecule has 5 heteroatoms. The summed E-state index contributed by atoms with van der Waals surface area (Å²) < 4.78 is 14.3. The van der Waals surface area contributed by atoms with Crippen molar-refractivity contribution in [1.82, 2.24) is 4.98 Å². The fraction of sp³-hybridized carbons (Fsp3) is 0.474. The number of benzene rings is 1. The van der Waals surface area contributed by atoms with Crippen molar-refractivity contribution in [2.24, 2.45) is 5.92 Å². The number of carbonyl (C=O) groups is 1. The van der Waals surface area contributed by atoms with E-state index in [1.807, 2.05) is 0 Å². The normalized spacial score (nSPS) is 18.8. The summed E-state index contributed by atoms with van der Waals surface area (Å²) in [6.07, 6.45) is 9.49. The van der Waals surface area contributed by atoms with Gasteiger partial charge in [-0.3, -0.25) is 9.78 Å². The molecule has 3 nitrogen and oxygen atoms in total. The van der Waals surface area contributed by atoms with Gasteiger partial charge in [0.2, 0.25) is 0 Å². The van der Waals surface area contributed by atoms with Crippen LogP contribution in [0.2, 0.25) is 0 Å². The van der Waals surface area contributed by atoms with E-state index in [0.717, 1.165) is 36.8 Å². The summed E-state index contributed by atoms with van der Waals surface area (Å²) in [5, 5.41) is 4.42. The summed E-state index contributed by atoms with van der Waals surface area (Å²) in [6.45, 7) is 0. The minimum atomic E-state index is -0.333. The highest BCUT2D eigenvalue weighted by molar-refractivity contribution is 9.10. The molecule has 0 radical (unpaired) electrons. The van der Waals surface area contributed by atoms with Crippen molar-refractivity contribution in [2.45, 2.75) is 51.0 Å². The lowest BCUT2D eigenvalue weighted by Crippen LogP contribution is -2.24. The molecule has 0 aliphatic heterocycles. The van der Waals surface area contributed by atoms with E-state index >= 15 is 0 Å². The van der Waals surface area contributed by atoms with Crippen LogP contribution in [0.4, 0.5) is 10.1 Å². The number of rotatable bonds is 4. The Bertz CT molecular complexity index is 798. The van der Waals surface area contributed by atoms with E-state index in [9.17, 15) is 9.18 Å². The number of Topliss-reactive ketones (excluding diaryl/α,β-unsaturated/α-hetero) is 1. The zero-order chi connectivity index (χ0) is 16.7. The molecular formula is C19H20BrFN2O. The number of nitrogens with zero attached hydrogens (tertiary/aromatic N) is 1. The Kier molecular flexibility index (Phi) is 4.29. The molecule has 2 aliphatic rings. The molecule has 0 bridgehead atoms. The lowest BCUT2D eigenvalue weighted by atomic mass is 9.94. The number of anilines is 1. The smallest absolute Gasteiger partial charge is 0.169 e. The highest BCUT2D eigenvalue weighted by Gasteiger charge is 2.33. The summed E-state index contributed by atoms with van der Waals surface area (Å²) in [5.74, 6) is -0.0249. The molecule has 126 valence electrons. The van der Waals surface area contributed by atoms with E-state index in [0.29, 0.717) is 21.6 Å². The van der Waals surface area contributed by atoms with Crippen molar-refractivity contribution in [3.63, 3.8) is 0 Å². The zero-order valence-corrected chi connectivity index (χ0v) is 15.0. The molecule has 4 rings (SSSR count). The van der Waals surface area contributed by atoms with Crippen LogP contribution in [-0.4, -0.2) is 16.8 Å². The van der Waals surface area contributed by atoms with E-state index < -0.39 is 0 Å². The third kappa shape index (κ3) is 3.06. The highest BCUT2D eigenvalue weighted by atomic mass is 79.9. The standard InChI is InChI=1S/C19H20BrFN2O/c20-15-8-13-17(9-16(15)21)22-10-14(19(24)11-6-7-11)18(13)23-12-4-2-1-3-5-12/h8-12H,1-7H2,(H,22,23). The summed E-state index contributed by atoms with van der Waals surface area (Å²) in [4.78, 5) is 17.0. The molecule has 0 unspecified atom stereocenters. The molecule has 1 aromatic heterocycles. The van der Waals surface area contributed by atoms with E-state index in [1.165, 1.54) is 25.3 Å². The van der Waals surface area contributed by atoms with Crippen molar-refractivity contribution < 1.29 is 9.18 Å². The quantitative estimate of drug-likeness (QED) is 0.703. The van der Waals surface area contributed by atoms with Gasteiger partial charge in [0, 0.05) is 29.6 Å². The van der Waals surface area contributed by atoms with Gasteiger partial charge in [0.1, 0.15) is 5.82 Å². The van der Waals surface area contributed by atoms with Gasteiger partial charge in [-0.2, -0.15) is 0 Å². The van der Waals surface area contributed by atoms with Crippen molar-refractivity contribution in [1.29, 1.82) is 0 Å². The largest absolute Gasteiger partial charge is 0.381 e. The van der Waals surface area contributed by atoms with Gasteiger partial charge in [0.05, 0.1) is 21.2 Å². The molecule has 0 amide bonds. The highest BCUT2D eigenvalue weighted by Crippen LogP contribution is 2.38. The maximum absolute atomic E-state index is 13.9.